The number of carbonyl (C=O) groups excluding carboxylic acids is 3. The van der Waals surface area contributed by atoms with Gasteiger partial charge in [0.1, 0.15) is 12.3 Å². The molecule has 1 amide bonds. The lowest BCUT2D eigenvalue weighted by molar-refractivity contribution is -0.145. The molecule has 1 aliphatic rings. The molecule has 1 N–H and O–H groups in total. The second-order valence-corrected chi connectivity index (χ2v) is 6.74. The van der Waals surface area contributed by atoms with Gasteiger partial charge < -0.3 is 14.8 Å². The molecule has 3 rings (SSSR count). The minimum absolute atomic E-state index is 0.246. The van der Waals surface area contributed by atoms with E-state index in [1.807, 2.05) is 12.1 Å². The van der Waals surface area contributed by atoms with Crippen LogP contribution in [0, 0.1) is 0 Å². The Morgan fingerprint density at radius 3 is 2.39 bits per heavy atom. The van der Waals surface area contributed by atoms with E-state index < -0.39 is 18.0 Å². The number of ketones is 1. The van der Waals surface area contributed by atoms with Crippen LogP contribution in [0.25, 0.3) is 0 Å². The van der Waals surface area contributed by atoms with Gasteiger partial charge in [0, 0.05) is 11.1 Å². The van der Waals surface area contributed by atoms with Crippen molar-refractivity contribution >= 4 is 17.7 Å². The van der Waals surface area contributed by atoms with Crippen LogP contribution in [0.1, 0.15) is 45.2 Å². The highest BCUT2D eigenvalue weighted by atomic mass is 16.5. The van der Waals surface area contributed by atoms with Crippen LogP contribution in [0.5, 0.6) is 5.75 Å². The van der Waals surface area contributed by atoms with E-state index in [1.165, 1.54) is 18.2 Å². The summed E-state index contributed by atoms with van der Waals surface area (Å²) in [6.45, 7) is 1.23. The second kappa shape index (κ2) is 8.69. The number of amides is 1. The van der Waals surface area contributed by atoms with Crippen LogP contribution >= 0.6 is 0 Å². The number of aryl methyl sites for hydroxylation is 2. The second-order valence-electron chi connectivity index (χ2n) is 6.74. The maximum Gasteiger partial charge on any atom is 0.326 e. The monoisotopic (exact) mass is 381 g/mol. The van der Waals surface area contributed by atoms with E-state index in [2.05, 4.69) is 5.32 Å². The highest BCUT2D eigenvalue weighted by Crippen LogP contribution is 2.23. The predicted molar refractivity (Wildman–Crippen MR) is 104 cm³/mol. The van der Waals surface area contributed by atoms with Crippen molar-refractivity contribution in [3.63, 3.8) is 0 Å². The minimum Gasteiger partial charge on any atom is -0.497 e. The summed E-state index contributed by atoms with van der Waals surface area (Å²) in [5, 5.41) is 2.49. The van der Waals surface area contributed by atoms with Gasteiger partial charge in [-0.25, -0.2) is 0 Å². The van der Waals surface area contributed by atoms with Gasteiger partial charge in [-0.05, 0) is 67.6 Å². The lowest BCUT2D eigenvalue weighted by atomic mass is 10.0. The Balaban J connectivity index is 1.50. The van der Waals surface area contributed by atoms with Gasteiger partial charge in [0.25, 0.3) is 5.91 Å². The number of hydrogen-bond acceptors (Lipinski definition) is 5. The average Bonchev–Trinajstić information content (AvgIpc) is 3.19. The molecule has 2 aromatic carbocycles. The molecule has 28 heavy (non-hydrogen) atoms. The number of nitrogens with one attached hydrogen (secondary N) is 1. The van der Waals surface area contributed by atoms with Gasteiger partial charge in [-0.2, -0.15) is 0 Å². The number of rotatable bonds is 7. The van der Waals surface area contributed by atoms with E-state index in [0.29, 0.717) is 16.9 Å². The summed E-state index contributed by atoms with van der Waals surface area (Å²) in [6.07, 6.45) is 2.21. The lowest BCUT2D eigenvalue weighted by Crippen LogP contribution is -2.34. The van der Waals surface area contributed by atoms with Gasteiger partial charge in [-0.15, -0.1) is 0 Å². The SMILES string of the molecule is COc1ccc(C(=O)NCC(=O)O[C@H](C)C(=O)c2ccc3c(c2)CCC3)cc1. The predicted octanol–water partition coefficient (Wildman–Crippen LogP) is 2.73. The number of ether oxygens (including phenoxy) is 2. The summed E-state index contributed by atoms with van der Waals surface area (Å²) in [4.78, 5) is 36.6. The van der Waals surface area contributed by atoms with Crippen molar-refractivity contribution < 1.29 is 23.9 Å². The quantitative estimate of drug-likeness (QED) is 0.589. The third kappa shape index (κ3) is 4.57. The van der Waals surface area contributed by atoms with Crippen LogP contribution < -0.4 is 10.1 Å². The van der Waals surface area contributed by atoms with Crippen molar-refractivity contribution in [2.75, 3.05) is 13.7 Å². The highest BCUT2D eigenvalue weighted by molar-refractivity contribution is 6.01. The molecule has 0 saturated carbocycles. The summed E-state index contributed by atoms with van der Waals surface area (Å²) in [5.41, 5.74) is 3.41. The van der Waals surface area contributed by atoms with Crippen molar-refractivity contribution in [2.45, 2.75) is 32.3 Å². The zero-order valence-corrected chi connectivity index (χ0v) is 16.0. The molecule has 0 aromatic heterocycles. The van der Waals surface area contributed by atoms with E-state index in [9.17, 15) is 14.4 Å². The van der Waals surface area contributed by atoms with Crippen LogP contribution in [0.15, 0.2) is 42.5 Å². The fourth-order valence-corrected chi connectivity index (χ4v) is 3.25. The number of benzene rings is 2. The molecule has 0 aliphatic heterocycles. The number of methoxy groups -OCH3 is 1. The molecule has 0 spiro atoms. The van der Waals surface area contributed by atoms with Crippen molar-refractivity contribution in [1.29, 1.82) is 0 Å². The average molecular weight is 381 g/mol. The maximum atomic E-state index is 12.5. The maximum absolute atomic E-state index is 12.5. The summed E-state index contributed by atoms with van der Waals surface area (Å²) in [7, 11) is 1.54. The number of Topliss-reactive ketones (excluding diaryl/α,β-unsaturated/α-hetero) is 1. The van der Waals surface area contributed by atoms with Crippen LogP contribution in [0.3, 0.4) is 0 Å². The standard InChI is InChI=1S/C22H23NO5/c1-14(21(25)18-7-6-15-4-3-5-17(15)12-18)28-20(24)13-23-22(26)16-8-10-19(27-2)11-9-16/h6-12,14H,3-5,13H2,1-2H3,(H,23,26)/t14-/m1/s1. The lowest BCUT2D eigenvalue weighted by Gasteiger charge is -2.13. The van der Waals surface area contributed by atoms with Crippen molar-refractivity contribution in [3.8, 4) is 5.75 Å². The van der Waals surface area contributed by atoms with Crippen molar-refractivity contribution in [3.05, 3.63) is 64.7 Å². The molecule has 0 unspecified atom stereocenters. The van der Waals surface area contributed by atoms with E-state index in [0.717, 1.165) is 19.3 Å². The van der Waals surface area contributed by atoms with Gasteiger partial charge in [-0.1, -0.05) is 12.1 Å². The molecule has 2 aromatic rings. The third-order valence-corrected chi connectivity index (χ3v) is 4.81. The van der Waals surface area contributed by atoms with Crippen LogP contribution in [-0.4, -0.2) is 37.4 Å². The Morgan fingerprint density at radius 2 is 1.68 bits per heavy atom. The minimum atomic E-state index is -0.912. The summed E-state index contributed by atoms with van der Waals surface area (Å²) in [5.74, 6) is -0.680. The Labute approximate surface area is 163 Å². The zero-order valence-electron chi connectivity index (χ0n) is 16.0. The molecule has 1 atom stereocenters. The first kappa shape index (κ1) is 19.6. The number of fused-ring (bicyclic) bond motifs is 1. The molecule has 146 valence electrons. The van der Waals surface area contributed by atoms with Gasteiger partial charge in [0.2, 0.25) is 5.78 Å². The van der Waals surface area contributed by atoms with E-state index in [4.69, 9.17) is 9.47 Å². The molecular formula is C22H23NO5. The van der Waals surface area contributed by atoms with E-state index >= 15 is 0 Å². The molecular weight excluding hydrogens is 358 g/mol. The van der Waals surface area contributed by atoms with Crippen molar-refractivity contribution in [1.82, 2.24) is 5.32 Å². The molecule has 1 aliphatic carbocycles. The zero-order chi connectivity index (χ0) is 20.1. The van der Waals surface area contributed by atoms with E-state index in [-0.39, 0.29) is 12.3 Å². The number of carbonyl (C=O) groups is 3. The summed E-state index contributed by atoms with van der Waals surface area (Å²) < 4.78 is 10.2. The molecule has 0 bridgehead atoms. The normalized spacial score (nSPS) is 13.4. The molecule has 0 fully saturated rings. The molecule has 6 heteroatoms. The molecule has 6 nitrogen and oxygen atoms in total. The van der Waals surface area contributed by atoms with Crippen LogP contribution in [-0.2, 0) is 22.4 Å². The Hall–Kier alpha value is -3.15. The smallest absolute Gasteiger partial charge is 0.326 e. The van der Waals surface area contributed by atoms with Crippen LogP contribution in [0.4, 0.5) is 0 Å². The fraction of sp³-hybridized carbons (Fsp3) is 0.318. The number of hydrogen-bond donors (Lipinski definition) is 1. The first-order chi connectivity index (χ1) is 13.5. The first-order valence-electron chi connectivity index (χ1n) is 9.25. The van der Waals surface area contributed by atoms with Gasteiger partial charge in [0.15, 0.2) is 6.10 Å². The topological polar surface area (TPSA) is 81.7 Å². The van der Waals surface area contributed by atoms with Gasteiger partial charge in [0.05, 0.1) is 7.11 Å². The van der Waals surface area contributed by atoms with Gasteiger partial charge >= 0.3 is 5.97 Å². The number of esters is 1. The third-order valence-electron chi connectivity index (χ3n) is 4.81. The molecule has 0 heterocycles. The fourth-order valence-electron chi connectivity index (χ4n) is 3.25. The Kier molecular flexibility index (Phi) is 6.09. The highest BCUT2D eigenvalue weighted by Gasteiger charge is 2.22. The van der Waals surface area contributed by atoms with Crippen LogP contribution in [0.2, 0.25) is 0 Å². The summed E-state index contributed by atoms with van der Waals surface area (Å²) >= 11 is 0. The first-order valence-corrected chi connectivity index (χ1v) is 9.25. The Bertz CT molecular complexity index is 888. The van der Waals surface area contributed by atoms with E-state index in [1.54, 1.807) is 37.3 Å². The summed E-state index contributed by atoms with van der Waals surface area (Å²) in [6, 6.07) is 12.1. The molecule has 0 saturated heterocycles. The van der Waals surface area contributed by atoms with Crippen molar-refractivity contribution in [2.24, 2.45) is 0 Å². The van der Waals surface area contributed by atoms with Gasteiger partial charge in [-0.3, -0.25) is 14.4 Å². The Morgan fingerprint density at radius 1 is 1.00 bits per heavy atom. The largest absolute Gasteiger partial charge is 0.497 e. The molecule has 0 radical (unpaired) electrons.